The predicted molar refractivity (Wildman–Crippen MR) is 128 cm³/mol. The number of aromatic nitrogens is 1. The van der Waals surface area contributed by atoms with E-state index in [9.17, 15) is 0 Å². The Morgan fingerprint density at radius 1 is 0.567 bits per heavy atom. The van der Waals surface area contributed by atoms with Crippen molar-refractivity contribution in [1.29, 1.82) is 0 Å². The molecule has 6 rings (SSSR count). The Morgan fingerprint density at radius 2 is 1.23 bits per heavy atom. The lowest BCUT2D eigenvalue weighted by Crippen LogP contribution is -1.96. The Labute approximate surface area is 175 Å². The normalized spacial score (nSPS) is 11.5. The van der Waals surface area contributed by atoms with E-state index < -0.39 is 0 Å². The van der Waals surface area contributed by atoms with Crippen molar-refractivity contribution in [3.8, 4) is 16.8 Å². The van der Waals surface area contributed by atoms with Crippen LogP contribution in [-0.4, -0.2) is 4.57 Å². The third-order valence-corrected chi connectivity index (χ3v) is 6.04. The average molecular weight is 383 g/mol. The molecule has 0 bridgehead atoms. The molecule has 0 unspecified atom stereocenters. The minimum atomic E-state index is 1.19. The van der Waals surface area contributed by atoms with Crippen LogP contribution in [0.1, 0.15) is 5.56 Å². The lowest BCUT2D eigenvalue weighted by Gasteiger charge is -2.14. The largest absolute Gasteiger partial charge is 0.309 e. The molecule has 0 amide bonds. The molecule has 0 atom stereocenters. The molecule has 142 valence electrons. The zero-order chi connectivity index (χ0) is 20.1. The minimum Gasteiger partial charge on any atom is -0.309 e. The molecule has 0 aliphatic heterocycles. The number of benzene rings is 5. The van der Waals surface area contributed by atoms with Gasteiger partial charge in [0.2, 0.25) is 0 Å². The van der Waals surface area contributed by atoms with Crippen molar-refractivity contribution in [1.82, 2.24) is 4.57 Å². The highest BCUT2D eigenvalue weighted by Gasteiger charge is 2.18. The van der Waals surface area contributed by atoms with Crippen molar-refractivity contribution >= 4 is 32.6 Å². The number of hydrogen-bond acceptors (Lipinski definition) is 0. The summed E-state index contributed by atoms with van der Waals surface area (Å²) in [6.45, 7) is 2.14. The number of para-hydroxylation sites is 2. The summed E-state index contributed by atoms with van der Waals surface area (Å²) < 4.78 is 2.42. The highest BCUT2D eigenvalue weighted by atomic mass is 15.0. The quantitative estimate of drug-likeness (QED) is 0.286. The number of nitrogens with zero attached hydrogens (tertiary/aromatic N) is 1. The first kappa shape index (κ1) is 17.1. The molecule has 0 saturated heterocycles. The Kier molecular flexibility index (Phi) is 3.75. The molecule has 0 saturated carbocycles. The summed E-state index contributed by atoms with van der Waals surface area (Å²) in [6, 6.07) is 39.4. The van der Waals surface area contributed by atoms with E-state index in [1.165, 1.54) is 55.0 Å². The van der Waals surface area contributed by atoms with Crippen molar-refractivity contribution in [3.63, 3.8) is 0 Å². The van der Waals surface area contributed by atoms with Gasteiger partial charge in [0.15, 0.2) is 0 Å². The van der Waals surface area contributed by atoms with Gasteiger partial charge in [-0.3, -0.25) is 0 Å². The van der Waals surface area contributed by atoms with Gasteiger partial charge in [0.1, 0.15) is 0 Å². The summed E-state index contributed by atoms with van der Waals surface area (Å²) in [5.74, 6) is 0. The van der Waals surface area contributed by atoms with Gasteiger partial charge in [-0.05, 0) is 47.5 Å². The highest BCUT2D eigenvalue weighted by molar-refractivity contribution is 6.21. The Bertz CT molecular complexity index is 1520. The zero-order valence-electron chi connectivity index (χ0n) is 16.8. The van der Waals surface area contributed by atoms with Crippen molar-refractivity contribution in [3.05, 3.63) is 115 Å². The molecule has 1 aromatic heterocycles. The van der Waals surface area contributed by atoms with Gasteiger partial charge in [0.05, 0.1) is 11.0 Å². The number of hydrogen-bond donors (Lipinski definition) is 0. The summed E-state index contributed by atoms with van der Waals surface area (Å²) in [5, 5.41) is 5.14. The molecular weight excluding hydrogens is 362 g/mol. The molecule has 1 nitrogen and oxygen atoms in total. The molecule has 0 N–H and O–H groups in total. The standard InChI is InChI=1S/C29H21N/c1-20-15-17-21(18-16-20)28-24-12-6-5-9-22(24)19-26-25-13-7-8-14-27(25)30(29(26)28)23-10-3-2-4-11-23/h2-19H,1H3. The van der Waals surface area contributed by atoms with Crippen molar-refractivity contribution in [2.24, 2.45) is 0 Å². The van der Waals surface area contributed by atoms with E-state index >= 15 is 0 Å². The van der Waals surface area contributed by atoms with Crippen LogP contribution in [0.15, 0.2) is 109 Å². The first-order valence-corrected chi connectivity index (χ1v) is 10.4. The van der Waals surface area contributed by atoms with Crippen molar-refractivity contribution < 1.29 is 0 Å². The minimum absolute atomic E-state index is 1.19. The Morgan fingerprint density at radius 3 is 2.03 bits per heavy atom. The summed E-state index contributed by atoms with van der Waals surface area (Å²) in [5.41, 5.74) is 7.52. The summed E-state index contributed by atoms with van der Waals surface area (Å²) in [7, 11) is 0. The summed E-state index contributed by atoms with van der Waals surface area (Å²) in [4.78, 5) is 0. The SMILES string of the molecule is Cc1ccc(-c2c3ccccc3cc3c4ccccc4n(-c4ccccc4)c23)cc1. The van der Waals surface area contributed by atoms with Gasteiger partial charge in [-0.1, -0.05) is 90.5 Å². The second-order valence-electron chi connectivity index (χ2n) is 7.92. The summed E-state index contributed by atoms with van der Waals surface area (Å²) in [6.07, 6.45) is 0. The number of rotatable bonds is 2. The number of aryl methyl sites for hydroxylation is 1. The van der Waals surface area contributed by atoms with Gasteiger partial charge < -0.3 is 4.57 Å². The summed E-state index contributed by atoms with van der Waals surface area (Å²) >= 11 is 0. The van der Waals surface area contributed by atoms with Crippen LogP contribution in [0.4, 0.5) is 0 Å². The number of fused-ring (bicyclic) bond motifs is 4. The van der Waals surface area contributed by atoms with Crippen molar-refractivity contribution in [2.45, 2.75) is 6.92 Å². The first-order valence-electron chi connectivity index (χ1n) is 10.4. The van der Waals surface area contributed by atoms with E-state index in [0.29, 0.717) is 0 Å². The maximum absolute atomic E-state index is 2.42. The van der Waals surface area contributed by atoms with E-state index in [1.807, 2.05) is 0 Å². The third kappa shape index (κ3) is 2.49. The van der Waals surface area contributed by atoms with Gasteiger partial charge in [0.25, 0.3) is 0 Å². The van der Waals surface area contributed by atoms with Gasteiger partial charge in [-0.25, -0.2) is 0 Å². The third-order valence-electron chi connectivity index (χ3n) is 6.04. The molecule has 5 aromatic carbocycles. The molecule has 0 fully saturated rings. The second-order valence-corrected chi connectivity index (χ2v) is 7.92. The van der Waals surface area contributed by atoms with E-state index in [-0.39, 0.29) is 0 Å². The van der Waals surface area contributed by atoms with Crippen LogP contribution >= 0.6 is 0 Å². The molecule has 1 heterocycles. The monoisotopic (exact) mass is 383 g/mol. The lowest BCUT2D eigenvalue weighted by atomic mass is 9.94. The average Bonchev–Trinajstić information content (AvgIpc) is 3.13. The molecule has 0 aliphatic rings. The fourth-order valence-electron chi connectivity index (χ4n) is 4.65. The fourth-order valence-corrected chi connectivity index (χ4v) is 4.65. The van der Waals surface area contributed by atoms with Crippen LogP contribution < -0.4 is 0 Å². The maximum Gasteiger partial charge on any atom is 0.0625 e. The van der Waals surface area contributed by atoms with E-state index in [0.717, 1.165) is 0 Å². The Balaban J connectivity index is 1.90. The molecule has 30 heavy (non-hydrogen) atoms. The van der Waals surface area contributed by atoms with Crippen molar-refractivity contribution in [2.75, 3.05) is 0 Å². The van der Waals surface area contributed by atoms with Gasteiger partial charge in [0, 0.05) is 22.0 Å². The highest BCUT2D eigenvalue weighted by Crippen LogP contribution is 2.42. The molecule has 0 aliphatic carbocycles. The van der Waals surface area contributed by atoms with Crippen LogP contribution in [0.3, 0.4) is 0 Å². The zero-order valence-corrected chi connectivity index (χ0v) is 16.8. The van der Waals surface area contributed by atoms with Gasteiger partial charge in [-0.15, -0.1) is 0 Å². The molecule has 0 radical (unpaired) electrons. The van der Waals surface area contributed by atoms with Gasteiger partial charge in [-0.2, -0.15) is 0 Å². The first-order chi connectivity index (χ1) is 14.8. The van der Waals surface area contributed by atoms with Crippen LogP contribution in [0.25, 0.3) is 49.4 Å². The molecule has 1 heteroatoms. The topological polar surface area (TPSA) is 4.93 Å². The van der Waals surface area contributed by atoms with Crippen LogP contribution in [-0.2, 0) is 0 Å². The van der Waals surface area contributed by atoms with Crippen LogP contribution in [0, 0.1) is 6.92 Å². The Hall–Kier alpha value is -3.84. The molecule has 0 spiro atoms. The van der Waals surface area contributed by atoms with Crippen LogP contribution in [0.5, 0.6) is 0 Å². The van der Waals surface area contributed by atoms with E-state index in [1.54, 1.807) is 0 Å². The lowest BCUT2D eigenvalue weighted by molar-refractivity contribution is 1.18. The maximum atomic E-state index is 2.42. The van der Waals surface area contributed by atoms with E-state index in [2.05, 4.69) is 121 Å². The second kappa shape index (κ2) is 6.60. The molecule has 6 aromatic rings. The van der Waals surface area contributed by atoms with E-state index in [4.69, 9.17) is 0 Å². The smallest absolute Gasteiger partial charge is 0.0625 e. The fraction of sp³-hybridized carbons (Fsp3) is 0.0345. The van der Waals surface area contributed by atoms with Crippen LogP contribution in [0.2, 0.25) is 0 Å². The van der Waals surface area contributed by atoms with Gasteiger partial charge >= 0.3 is 0 Å². The predicted octanol–water partition coefficient (Wildman–Crippen LogP) is 7.91. The molecular formula is C29H21N.